The van der Waals surface area contributed by atoms with Gasteiger partial charge in [0.1, 0.15) is 0 Å². The molecule has 1 heterocycles. The van der Waals surface area contributed by atoms with Crippen molar-refractivity contribution in [2.75, 3.05) is 0 Å². The molecule has 0 N–H and O–H groups in total. The van der Waals surface area contributed by atoms with Crippen LogP contribution in [0.15, 0.2) is 49.1 Å². The second-order valence-electron chi connectivity index (χ2n) is 2.55. The van der Waals surface area contributed by atoms with E-state index in [0.29, 0.717) is 0 Å². The average Bonchev–Trinajstić information content (AvgIpc) is 2.71. The van der Waals surface area contributed by atoms with Crippen molar-refractivity contribution in [2.45, 2.75) is 0 Å². The molecular weight excluding hydrogens is 204 g/mol. The fourth-order valence-electron chi connectivity index (χ4n) is 1.01. The fourth-order valence-corrected chi connectivity index (χ4v) is 1.01. The number of hydrogen-bond donors (Lipinski definition) is 0. The summed E-state index contributed by atoms with van der Waals surface area (Å²) in [4.78, 5) is 3.96. The Morgan fingerprint density at radius 2 is 1.67 bits per heavy atom. The molecule has 0 saturated carbocycles. The van der Waals surface area contributed by atoms with Gasteiger partial charge in [-0.1, -0.05) is 18.2 Å². The molecule has 2 rings (SSSR count). The van der Waals surface area contributed by atoms with Crippen molar-refractivity contribution in [3.63, 3.8) is 0 Å². The normalized spacial score (nSPS) is 9.00. The number of halogens is 3. The first-order chi connectivity index (χ1) is 7.20. The third-order valence-electron chi connectivity index (χ3n) is 1.56. The van der Waals surface area contributed by atoms with Gasteiger partial charge < -0.3 is 4.57 Å². The quantitative estimate of drug-likeness (QED) is 0.664. The number of rotatable bonds is 1. The van der Waals surface area contributed by atoms with Gasteiger partial charge in [0.2, 0.25) is 0 Å². The van der Waals surface area contributed by atoms with Crippen molar-refractivity contribution in [3.05, 3.63) is 49.1 Å². The number of nitrogens with zero attached hydrogens (tertiary/aromatic N) is 2. The van der Waals surface area contributed by atoms with E-state index in [2.05, 4.69) is 4.98 Å². The van der Waals surface area contributed by atoms with E-state index in [-0.39, 0.29) is 0 Å². The molecule has 6 heteroatoms. The number of imidazole rings is 1. The molecule has 0 aliphatic rings. The highest BCUT2D eigenvalue weighted by atomic mass is 19.4. The van der Waals surface area contributed by atoms with Crippen LogP contribution < -0.4 is 0 Å². The zero-order valence-electron chi connectivity index (χ0n) is 7.72. The van der Waals surface area contributed by atoms with E-state index >= 15 is 0 Å². The highest BCUT2D eigenvalue weighted by Crippen LogP contribution is 2.04. The summed E-state index contributed by atoms with van der Waals surface area (Å²) in [6, 6.07) is 10.1. The number of aromatic nitrogens is 2. The maximum absolute atomic E-state index is 9.67. The topological polar surface area (TPSA) is 17.8 Å². The van der Waals surface area contributed by atoms with Gasteiger partial charge in [-0.25, -0.2) is 4.98 Å². The minimum atomic E-state index is -3.67. The van der Waals surface area contributed by atoms with Crippen LogP contribution in [0.5, 0.6) is 0 Å². The molecule has 0 aliphatic heterocycles. The number of benzene rings is 1. The van der Waals surface area contributed by atoms with E-state index in [9.17, 15) is 12.9 Å². The highest BCUT2D eigenvalue weighted by Gasteiger charge is 2.06. The van der Waals surface area contributed by atoms with Gasteiger partial charge in [-0.3, -0.25) is 12.9 Å². The lowest BCUT2D eigenvalue weighted by molar-refractivity contribution is 0.535. The molecule has 15 heavy (non-hydrogen) atoms. The van der Waals surface area contributed by atoms with Gasteiger partial charge >= 0.3 is 7.54 Å². The predicted octanol–water partition coefficient (Wildman–Crippen LogP) is 2.75. The Balaban J connectivity index is 0.000000245. The maximum Gasteiger partial charge on any atom is 0.762 e. The summed E-state index contributed by atoms with van der Waals surface area (Å²) in [6.07, 6.45) is 5.48. The zero-order chi connectivity index (χ0) is 11.1. The largest absolute Gasteiger partial charge is 0.762 e. The maximum atomic E-state index is 9.67. The zero-order valence-corrected chi connectivity index (χ0v) is 7.72. The molecule has 1 aromatic heterocycles. The molecule has 0 spiro atoms. The SMILES string of the molecule is FB(F)F.c1ccc(-n2ccnc2)cc1. The lowest BCUT2D eigenvalue weighted by atomic mass is 10.3. The predicted molar refractivity (Wildman–Crippen MR) is 52.6 cm³/mol. The van der Waals surface area contributed by atoms with Crippen LogP contribution in [0.25, 0.3) is 5.69 Å². The van der Waals surface area contributed by atoms with E-state index in [4.69, 9.17) is 0 Å². The third kappa shape index (κ3) is 4.35. The molecule has 0 bridgehead atoms. The minimum Gasteiger partial charge on any atom is -0.306 e. The average molecular weight is 212 g/mol. The van der Waals surface area contributed by atoms with E-state index < -0.39 is 7.54 Å². The van der Waals surface area contributed by atoms with Gasteiger partial charge in [0.25, 0.3) is 0 Å². The van der Waals surface area contributed by atoms with Crippen LogP contribution in [0.4, 0.5) is 12.9 Å². The number of para-hydroxylation sites is 1. The Morgan fingerprint density at radius 1 is 1.07 bits per heavy atom. The van der Waals surface area contributed by atoms with Crippen LogP contribution in [0, 0.1) is 0 Å². The van der Waals surface area contributed by atoms with Gasteiger partial charge in [-0.05, 0) is 12.1 Å². The fraction of sp³-hybridized carbons (Fsp3) is 0. The summed E-state index contributed by atoms with van der Waals surface area (Å²) in [6.45, 7) is 0. The molecule has 1 aromatic carbocycles. The Morgan fingerprint density at radius 3 is 2.13 bits per heavy atom. The van der Waals surface area contributed by atoms with Crippen molar-refractivity contribution >= 4 is 7.54 Å². The third-order valence-corrected chi connectivity index (χ3v) is 1.56. The molecule has 78 valence electrons. The summed E-state index contributed by atoms with van der Waals surface area (Å²) in [7, 11) is -3.67. The first-order valence-corrected chi connectivity index (χ1v) is 4.16. The first-order valence-electron chi connectivity index (χ1n) is 4.16. The second-order valence-corrected chi connectivity index (χ2v) is 2.55. The van der Waals surface area contributed by atoms with Crippen molar-refractivity contribution in [2.24, 2.45) is 0 Å². The van der Waals surface area contributed by atoms with Crippen LogP contribution in [-0.4, -0.2) is 17.1 Å². The van der Waals surface area contributed by atoms with Gasteiger partial charge in [0.05, 0.1) is 6.33 Å². The molecular formula is C9H8BF3N2. The smallest absolute Gasteiger partial charge is 0.306 e. The van der Waals surface area contributed by atoms with E-state index in [0.717, 1.165) is 5.69 Å². The minimum absolute atomic E-state index is 1.14. The van der Waals surface area contributed by atoms with E-state index in [1.807, 2.05) is 41.1 Å². The molecule has 0 amide bonds. The molecule has 0 atom stereocenters. The van der Waals surface area contributed by atoms with Gasteiger partial charge in [0, 0.05) is 18.1 Å². The molecule has 0 unspecified atom stereocenters. The lowest BCUT2D eigenvalue weighted by Gasteiger charge is -1.98. The Labute approximate surface area is 85.6 Å². The van der Waals surface area contributed by atoms with Crippen LogP contribution in [0.3, 0.4) is 0 Å². The van der Waals surface area contributed by atoms with Gasteiger partial charge in [-0.15, -0.1) is 0 Å². The van der Waals surface area contributed by atoms with Crippen molar-refractivity contribution in [3.8, 4) is 5.69 Å². The Hall–Kier alpha value is -1.72. The van der Waals surface area contributed by atoms with E-state index in [1.165, 1.54) is 0 Å². The van der Waals surface area contributed by atoms with Crippen molar-refractivity contribution < 1.29 is 12.9 Å². The molecule has 0 aliphatic carbocycles. The standard InChI is InChI=1S/C9H8N2.BF3/c1-2-4-9(5-3-1)11-7-6-10-8-11;2-1(3)4/h1-8H;. The van der Waals surface area contributed by atoms with Gasteiger partial charge in [-0.2, -0.15) is 0 Å². The van der Waals surface area contributed by atoms with Crippen LogP contribution in [0.1, 0.15) is 0 Å². The molecule has 0 radical (unpaired) electrons. The van der Waals surface area contributed by atoms with Crippen LogP contribution in [0.2, 0.25) is 0 Å². The summed E-state index contributed by atoms with van der Waals surface area (Å²) in [5.41, 5.74) is 1.14. The molecule has 0 fully saturated rings. The number of hydrogen-bond acceptors (Lipinski definition) is 1. The summed E-state index contributed by atoms with van der Waals surface area (Å²) >= 11 is 0. The van der Waals surface area contributed by atoms with Crippen molar-refractivity contribution in [1.29, 1.82) is 0 Å². The Bertz CT molecular complexity index is 361. The summed E-state index contributed by atoms with van der Waals surface area (Å²) in [5, 5.41) is 0. The van der Waals surface area contributed by atoms with Crippen molar-refractivity contribution in [1.82, 2.24) is 9.55 Å². The highest BCUT2D eigenvalue weighted by molar-refractivity contribution is 6.33. The lowest BCUT2D eigenvalue weighted by Crippen LogP contribution is -1.87. The molecule has 2 aromatic rings. The van der Waals surface area contributed by atoms with E-state index in [1.54, 1.807) is 12.5 Å². The summed E-state index contributed by atoms with van der Waals surface area (Å²) in [5.74, 6) is 0. The summed E-state index contributed by atoms with van der Waals surface area (Å²) < 4.78 is 31.0. The monoisotopic (exact) mass is 212 g/mol. The van der Waals surface area contributed by atoms with Crippen LogP contribution in [-0.2, 0) is 0 Å². The first kappa shape index (κ1) is 11.4. The molecule has 0 saturated heterocycles. The Kier molecular flexibility index (Phi) is 4.47. The van der Waals surface area contributed by atoms with Crippen LogP contribution >= 0.6 is 0 Å². The molecule has 2 nitrogen and oxygen atoms in total. The second kappa shape index (κ2) is 5.90. The van der Waals surface area contributed by atoms with Gasteiger partial charge in [0.15, 0.2) is 0 Å².